The predicted octanol–water partition coefficient (Wildman–Crippen LogP) is 6.36. The topological polar surface area (TPSA) is 15.3 Å². The zero-order valence-electron chi connectivity index (χ0n) is 14.9. The molecule has 4 rings (SSSR count). The minimum Gasteiger partial charge on any atom is -0.359 e. The van der Waals surface area contributed by atoms with Crippen LogP contribution in [0.1, 0.15) is 19.3 Å². The third-order valence-electron chi connectivity index (χ3n) is 4.77. The smallest absolute Gasteiger partial charge is 0.0559 e. The average molecular weight is 340 g/mol. The number of allylic oxidation sites excluding steroid dienone is 6. The highest BCUT2D eigenvalue weighted by Gasteiger charge is 2.19. The summed E-state index contributed by atoms with van der Waals surface area (Å²) < 4.78 is 0. The van der Waals surface area contributed by atoms with Crippen molar-refractivity contribution >= 4 is 17.1 Å². The van der Waals surface area contributed by atoms with Gasteiger partial charge in [0.25, 0.3) is 0 Å². The largest absolute Gasteiger partial charge is 0.359 e. The van der Waals surface area contributed by atoms with Crippen LogP contribution in [0.5, 0.6) is 0 Å². The van der Waals surface area contributed by atoms with E-state index in [0.717, 1.165) is 24.9 Å². The lowest BCUT2D eigenvalue weighted by molar-refractivity contribution is 0.785. The molecular formula is C24H24N2. The molecule has 0 saturated heterocycles. The van der Waals surface area contributed by atoms with E-state index in [9.17, 15) is 0 Å². The van der Waals surface area contributed by atoms with Crippen molar-refractivity contribution in [1.82, 2.24) is 0 Å². The maximum atomic E-state index is 3.58. The molecule has 26 heavy (non-hydrogen) atoms. The van der Waals surface area contributed by atoms with Gasteiger partial charge in [-0.25, -0.2) is 0 Å². The highest BCUT2D eigenvalue weighted by molar-refractivity contribution is 5.69. The Labute approximate surface area is 155 Å². The summed E-state index contributed by atoms with van der Waals surface area (Å²) in [5.41, 5.74) is 4.84. The number of hydrogen-bond acceptors (Lipinski definition) is 2. The molecule has 2 aromatic rings. The van der Waals surface area contributed by atoms with Crippen LogP contribution < -0.4 is 10.2 Å². The van der Waals surface area contributed by atoms with E-state index in [-0.39, 0.29) is 0 Å². The number of anilines is 3. The van der Waals surface area contributed by atoms with Crippen LogP contribution in [0.4, 0.5) is 17.1 Å². The molecule has 0 fully saturated rings. The van der Waals surface area contributed by atoms with Crippen molar-refractivity contribution in [3.05, 3.63) is 103 Å². The maximum absolute atomic E-state index is 3.58. The maximum Gasteiger partial charge on any atom is 0.0559 e. The van der Waals surface area contributed by atoms with Crippen molar-refractivity contribution < 1.29 is 0 Å². The summed E-state index contributed by atoms with van der Waals surface area (Å²) in [6.45, 7) is 0. The van der Waals surface area contributed by atoms with Crippen molar-refractivity contribution in [3.8, 4) is 0 Å². The first kappa shape index (κ1) is 16.5. The van der Waals surface area contributed by atoms with Gasteiger partial charge in [-0.15, -0.1) is 0 Å². The predicted molar refractivity (Wildman–Crippen MR) is 112 cm³/mol. The van der Waals surface area contributed by atoms with Gasteiger partial charge in [-0.2, -0.15) is 0 Å². The Morgan fingerprint density at radius 1 is 0.846 bits per heavy atom. The molecular weight excluding hydrogens is 316 g/mol. The van der Waals surface area contributed by atoms with Gasteiger partial charge in [-0.1, -0.05) is 60.7 Å². The Kier molecular flexibility index (Phi) is 5.02. The van der Waals surface area contributed by atoms with E-state index in [1.165, 1.54) is 17.1 Å². The molecule has 1 atom stereocenters. The average Bonchev–Trinajstić information content (AvgIpc) is 2.71. The van der Waals surface area contributed by atoms with Gasteiger partial charge in [-0.05, 0) is 55.7 Å². The van der Waals surface area contributed by atoms with E-state index in [0.29, 0.717) is 6.04 Å². The molecule has 0 spiro atoms. The monoisotopic (exact) mass is 340 g/mol. The molecule has 0 aliphatic heterocycles. The zero-order chi connectivity index (χ0) is 17.6. The standard InChI is InChI=1S/C24H24N2/c1-4-11-20(12-5-1)25-21-13-10-18-24(19-21)26(22-14-6-2-7-15-22)23-16-8-3-9-17-23/h1-4,6-11,13-16,18-19,23,25H,5,12,17H2. The van der Waals surface area contributed by atoms with Crippen LogP contribution in [0.3, 0.4) is 0 Å². The fourth-order valence-electron chi connectivity index (χ4n) is 3.51. The highest BCUT2D eigenvalue weighted by atomic mass is 15.2. The lowest BCUT2D eigenvalue weighted by Crippen LogP contribution is -2.29. The van der Waals surface area contributed by atoms with Gasteiger partial charge in [0.2, 0.25) is 0 Å². The fraction of sp³-hybridized carbons (Fsp3) is 0.167. The SMILES string of the molecule is C1=CCCC(Nc2cccc(N(c3ccccc3)C3C=CC=CC3)c2)=C1. The number of rotatable bonds is 5. The molecule has 2 aliphatic carbocycles. The summed E-state index contributed by atoms with van der Waals surface area (Å²) in [4.78, 5) is 2.42. The van der Waals surface area contributed by atoms with Crippen LogP contribution in [-0.4, -0.2) is 6.04 Å². The molecule has 0 bridgehead atoms. The van der Waals surface area contributed by atoms with E-state index in [2.05, 4.69) is 107 Å². The second kappa shape index (κ2) is 7.92. The van der Waals surface area contributed by atoms with Crippen molar-refractivity contribution in [2.24, 2.45) is 0 Å². The summed E-state index contributed by atoms with van der Waals surface area (Å²) >= 11 is 0. The van der Waals surface area contributed by atoms with Gasteiger partial charge < -0.3 is 10.2 Å². The highest BCUT2D eigenvalue weighted by Crippen LogP contribution is 2.32. The van der Waals surface area contributed by atoms with Crippen LogP contribution >= 0.6 is 0 Å². The Balaban J connectivity index is 1.66. The van der Waals surface area contributed by atoms with Crippen LogP contribution in [-0.2, 0) is 0 Å². The molecule has 0 aromatic heterocycles. The lowest BCUT2D eigenvalue weighted by Gasteiger charge is -2.33. The summed E-state index contributed by atoms with van der Waals surface area (Å²) in [5, 5.41) is 3.58. The number of nitrogens with one attached hydrogen (secondary N) is 1. The molecule has 1 unspecified atom stereocenters. The van der Waals surface area contributed by atoms with Crippen molar-refractivity contribution in [2.45, 2.75) is 25.3 Å². The summed E-state index contributed by atoms with van der Waals surface area (Å²) in [6, 6.07) is 19.7. The van der Waals surface area contributed by atoms with Gasteiger partial charge >= 0.3 is 0 Å². The Morgan fingerprint density at radius 3 is 2.50 bits per heavy atom. The lowest BCUT2D eigenvalue weighted by atomic mass is 10.0. The van der Waals surface area contributed by atoms with E-state index < -0.39 is 0 Å². The third kappa shape index (κ3) is 3.80. The van der Waals surface area contributed by atoms with Gasteiger partial charge in [-0.3, -0.25) is 0 Å². The number of hydrogen-bond donors (Lipinski definition) is 1. The van der Waals surface area contributed by atoms with Crippen molar-refractivity contribution in [2.75, 3.05) is 10.2 Å². The molecule has 2 nitrogen and oxygen atoms in total. The number of benzene rings is 2. The van der Waals surface area contributed by atoms with E-state index >= 15 is 0 Å². The van der Waals surface area contributed by atoms with Gasteiger partial charge in [0.1, 0.15) is 0 Å². The van der Waals surface area contributed by atoms with E-state index in [1.54, 1.807) is 0 Å². The van der Waals surface area contributed by atoms with Crippen molar-refractivity contribution in [1.29, 1.82) is 0 Å². The molecule has 2 heteroatoms. The number of para-hydroxylation sites is 1. The van der Waals surface area contributed by atoms with E-state index in [1.807, 2.05) is 0 Å². The second-order valence-corrected chi connectivity index (χ2v) is 6.66. The quantitative estimate of drug-likeness (QED) is 0.681. The van der Waals surface area contributed by atoms with Crippen molar-refractivity contribution in [3.63, 3.8) is 0 Å². The minimum absolute atomic E-state index is 0.328. The van der Waals surface area contributed by atoms with Gasteiger partial charge in [0.05, 0.1) is 6.04 Å². The first-order chi connectivity index (χ1) is 12.9. The van der Waals surface area contributed by atoms with Crippen LogP contribution in [0, 0.1) is 0 Å². The van der Waals surface area contributed by atoms with E-state index in [4.69, 9.17) is 0 Å². The normalized spacial score (nSPS) is 18.5. The molecule has 0 amide bonds. The van der Waals surface area contributed by atoms with Gasteiger partial charge in [0.15, 0.2) is 0 Å². The molecule has 2 aliphatic rings. The zero-order valence-corrected chi connectivity index (χ0v) is 14.9. The minimum atomic E-state index is 0.328. The Morgan fingerprint density at radius 2 is 1.73 bits per heavy atom. The summed E-state index contributed by atoms with van der Waals surface area (Å²) in [6.07, 6.45) is 18.5. The second-order valence-electron chi connectivity index (χ2n) is 6.66. The first-order valence-corrected chi connectivity index (χ1v) is 9.30. The molecule has 0 radical (unpaired) electrons. The Hall–Kier alpha value is -3.00. The fourth-order valence-corrected chi connectivity index (χ4v) is 3.51. The Bertz CT molecular complexity index is 859. The third-order valence-corrected chi connectivity index (χ3v) is 4.77. The molecule has 0 saturated carbocycles. The van der Waals surface area contributed by atoms with Crippen LogP contribution in [0.25, 0.3) is 0 Å². The summed E-state index contributed by atoms with van der Waals surface area (Å²) in [5.74, 6) is 0. The van der Waals surface area contributed by atoms with Gasteiger partial charge in [0, 0.05) is 22.8 Å². The molecule has 130 valence electrons. The molecule has 0 heterocycles. The number of nitrogens with zero attached hydrogens (tertiary/aromatic N) is 1. The van der Waals surface area contributed by atoms with Crippen LogP contribution in [0.15, 0.2) is 103 Å². The summed E-state index contributed by atoms with van der Waals surface area (Å²) in [7, 11) is 0. The molecule has 2 aromatic carbocycles. The molecule has 1 N–H and O–H groups in total. The first-order valence-electron chi connectivity index (χ1n) is 9.30. The van der Waals surface area contributed by atoms with Crippen LogP contribution in [0.2, 0.25) is 0 Å².